The van der Waals surface area contributed by atoms with Crippen molar-refractivity contribution in [2.24, 2.45) is 5.73 Å². The highest BCUT2D eigenvalue weighted by Gasteiger charge is 2.09. The van der Waals surface area contributed by atoms with Crippen molar-refractivity contribution in [3.8, 4) is 0 Å². The standard InChI is InChI=1S/C18H21N3O2.ClH/c1-12(2)20-17(22)14-6-8-16(9-7-14)21-18(23)15-5-3-4-13(10-15)11-19;/h3-10,12H,11,19H2,1-2H3,(H,20,22)(H,21,23);1H. The van der Waals surface area contributed by atoms with Crippen LogP contribution in [0.2, 0.25) is 0 Å². The fourth-order valence-electron chi connectivity index (χ4n) is 2.09. The zero-order valence-electron chi connectivity index (χ0n) is 13.7. The smallest absolute Gasteiger partial charge is 0.255 e. The van der Waals surface area contributed by atoms with Crippen molar-refractivity contribution in [3.63, 3.8) is 0 Å². The van der Waals surface area contributed by atoms with Gasteiger partial charge in [0.05, 0.1) is 0 Å². The minimum Gasteiger partial charge on any atom is -0.350 e. The first-order valence-corrected chi connectivity index (χ1v) is 7.51. The molecule has 24 heavy (non-hydrogen) atoms. The third kappa shape index (κ3) is 5.37. The molecule has 6 heteroatoms. The van der Waals surface area contributed by atoms with Gasteiger partial charge in [0.1, 0.15) is 0 Å². The highest BCUT2D eigenvalue weighted by Crippen LogP contribution is 2.12. The van der Waals surface area contributed by atoms with Crippen molar-refractivity contribution in [3.05, 3.63) is 65.2 Å². The van der Waals surface area contributed by atoms with Gasteiger partial charge in [0.15, 0.2) is 0 Å². The summed E-state index contributed by atoms with van der Waals surface area (Å²) in [6.45, 7) is 4.20. The lowest BCUT2D eigenvalue weighted by Crippen LogP contribution is -2.30. The molecule has 5 nitrogen and oxygen atoms in total. The first kappa shape index (κ1) is 19.7. The normalized spacial score (nSPS) is 10.0. The number of carbonyl (C=O) groups excluding carboxylic acids is 2. The maximum absolute atomic E-state index is 12.2. The van der Waals surface area contributed by atoms with Gasteiger partial charge >= 0.3 is 0 Å². The van der Waals surface area contributed by atoms with Crippen LogP contribution in [-0.2, 0) is 6.54 Å². The Morgan fingerprint density at radius 3 is 2.25 bits per heavy atom. The maximum atomic E-state index is 12.2. The number of nitrogens with one attached hydrogen (secondary N) is 2. The molecule has 0 heterocycles. The highest BCUT2D eigenvalue weighted by molar-refractivity contribution is 6.04. The van der Waals surface area contributed by atoms with Gasteiger partial charge in [-0.15, -0.1) is 12.4 Å². The molecule has 0 aliphatic carbocycles. The van der Waals surface area contributed by atoms with Crippen LogP contribution in [0, 0.1) is 0 Å². The van der Waals surface area contributed by atoms with E-state index in [0.717, 1.165) is 5.56 Å². The average Bonchev–Trinajstić information content (AvgIpc) is 2.55. The molecule has 0 aliphatic rings. The predicted octanol–water partition coefficient (Wildman–Crippen LogP) is 2.96. The SMILES string of the molecule is CC(C)NC(=O)c1ccc(NC(=O)c2cccc(CN)c2)cc1.Cl. The van der Waals surface area contributed by atoms with Crippen LogP contribution < -0.4 is 16.4 Å². The van der Waals surface area contributed by atoms with Crippen molar-refractivity contribution < 1.29 is 9.59 Å². The number of amides is 2. The fraction of sp³-hybridized carbons (Fsp3) is 0.222. The van der Waals surface area contributed by atoms with Gasteiger partial charge in [-0.1, -0.05) is 12.1 Å². The summed E-state index contributed by atoms with van der Waals surface area (Å²) in [5, 5.41) is 5.62. The van der Waals surface area contributed by atoms with Crippen molar-refractivity contribution in [1.82, 2.24) is 5.32 Å². The molecule has 0 atom stereocenters. The second-order valence-electron chi connectivity index (χ2n) is 5.56. The molecule has 0 aromatic heterocycles. The lowest BCUT2D eigenvalue weighted by Gasteiger charge is -2.10. The number of benzene rings is 2. The van der Waals surface area contributed by atoms with E-state index in [-0.39, 0.29) is 30.3 Å². The first-order chi connectivity index (χ1) is 11.0. The number of carbonyl (C=O) groups is 2. The number of rotatable bonds is 5. The van der Waals surface area contributed by atoms with E-state index in [4.69, 9.17) is 5.73 Å². The lowest BCUT2D eigenvalue weighted by atomic mass is 10.1. The Morgan fingerprint density at radius 1 is 1.00 bits per heavy atom. The number of halogens is 1. The molecular weight excluding hydrogens is 326 g/mol. The molecule has 4 N–H and O–H groups in total. The van der Waals surface area contributed by atoms with E-state index in [1.807, 2.05) is 19.9 Å². The summed E-state index contributed by atoms with van der Waals surface area (Å²) in [4.78, 5) is 24.1. The summed E-state index contributed by atoms with van der Waals surface area (Å²) in [7, 11) is 0. The number of hydrogen-bond donors (Lipinski definition) is 3. The third-order valence-corrected chi connectivity index (χ3v) is 3.25. The molecule has 128 valence electrons. The lowest BCUT2D eigenvalue weighted by molar-refractivity contribution is 0.0942. The zero-order chi connectivity index (χ0) is 16.8. The van der Waals surface area contributed by atoms with Crippen molar-refractivity contribution in [2.75, 3.05) is 5.32 Å². The van der Waals surface area contributed by atoms with Crippen LogP contribution in [0.4, 0.5) is 5.69 Å². The second kappa shape index (κ2) is 9.05. The average molecular weight is 348 g/mol. The fourth-order valence-corrected chi connectivity index (χ4v) is 2.09. The third-order valence-electron chi connectivity index (χ3n) is 3.25. The molecule has 0 spiro atoms. The van der Waals surface area contributed by atoms with E-state index in [1.165, 1.54) is 0 Å². The summed E-state index contributed by atoms with van der Waals surface area (Å²) in [6, 6.07) is 14.0. The largest absolute Gasteiger partial charge is 0.350 e. The van der Waals surface area contributed by atoms with Crippen LogP contribution in [0.3, 0.4) is 0 Å². The second-order valence-corrected chi connectivity index (χ2v) is 5.56. The monoisotopic (exact) mass is 347 g/mol. The molecule has 0 aliphatic heterocycles. The van der Waals surface area contributed by atoms with Crippen LogP contribution >= 0.6 is 12.4 Å². The first-order valence-electron chi connectivity index (χ1n) is 7.51. The Kier molecular flexibility index (Phi) is 7.42. The van der Waals surface area contributed by atoms with Gasteiger partial charge in [-0.2, -0.15) is 0 Å². The van der Waals surface area contributed by atoms with Gasteiger partial charge in [-0.25, -0.2) is 0 Å². The molecule has 2 aromatic carbocycles. The quantitative estimate of drug-likeness (QED) is 0.777. The van der Waals surface area contributed by atoms with Crippen molar-refractivity contribution in [1.29, 1.82) is 0 Å². The number of hydrogen-bond acceptors (Lipinski definition) is 3. The minimum atomic E-state index is -0.209. The van der Waals surface area contributed by atoms with E-state index in [9.17, 15) is 9.59 Å². The Morgan fingerprint density at radius 2 is 1.67 bits per heavy atom. The van der Waals surface area contributed by atoms with Gasteiger partial charge < -0.3 is 16.4 Å². The topological polar surface area (TPSA) is 84.2 Å². The van der Waals surface area contributed by atoms with Gasteiger partial charge in [-0.05, 0) is 55.8 Å². The maximum Gasteiger partial charge on any atom is 0.255 e. The predicted molar refractivity (Wildman–Crippen MR) is 98.6 cm³/mol. The molecule has 2 amide bonds. The van der Waals surface area contributed by atoms with E-state index >= 15 is 0 Å². The number of anilines is 1. The van der Waals surface area contributed by atoms with Crippen molar-refractivity contribution >= 4 is 29.9 Å². The molecule has 0 unspecified atom stereocenters. The van der Waals surface area contributed by atoms with Crippen LogP contribution in [0.1, 0.15) is 40.1 Å². The molecule has 0 saturated heterocycles. The van der Waals surface area contributed by atoms with Crippen LogP contribution in [0.25, 0.3) is 0 Å². The molecular formula is C18H22ClN3O2. The summed E-state index contributed by atoms with van der Waals surface area (Å²) in [6.07, 6.45) is 0. The Bertz CT molecular complexity index is 700. The van der Waals surface area contributed by atoms with Gasteiger partial charge in [0.2, 0.25) is 0 Å². The zero-order valence-corrected chi connectivity index (χ0v) is 14.5. The van der Waals surface area contributed by atoms with Gasteiger partial charge in [0.25, 0.3) is 11.8 Å². The molecule has 0 radical (unpaired) electrons. The number of nitrogens with two attached hydrogens (primary N) is 1. The summed E-state index contributed by atoms with van der Waals surface area (Å²) >= 11 is 0. The molecule has 2 aromatic rings. The van der Waals surface area contributed by atoms with E-state index in [2.05, 4.69) is 10.6 Å². The Balaban J connectivity index is 0.00000288. The molecule has 0 fully saturated rings. The molecule has 0 saturated carbocycles. The summed E-state index contributed by atoms with van der Waals surface area (Å²) < 4.78 is 0. The molecule has 0 bridgehead atoms. The minimum absolute atomic E-state index is 0. The molecule has 2 rings (SSSR count). The van der Waals surface area contributed by atoms with Gasteiger partial charge in [-0.3, -0.25) is 9.59 Å². The Hall–Kier alpha value is -2.37. The van der Waals surface area contributed by atoms with E-state index < -0.39 is 0 Å². The van der Waals surface area contributed by atoms with E-state index in [0.29, 0.717) is 23.4 Å². The Labute approximate surface area is 148 Å². The van der Waals surface area contributed by atoms with Crippen LogP contribution in [0.15, 0.2) is 48.5 Å². The van der Waals surface area contributed by atoms with Crippen LogP contribution in [-0.4, -0.2) is 17.9 Å². The summed E-state index contributed by atoms with van der Waals surface area (Å²) in [5.41, 5.74) is 8.22. The summed E-state index contributed by atoms with van der Waals surface area (Å²) in [5.74, 6) is -0.340. The van der Waals surface area contributed by atoms with Crippen molar-refractivity contribution in [2.45, 2.75) is 26.4 Å². The van der Waals surface area contributed by atoms with Crippen LogP contribution in [0.5, 0.6) is 0 Å². The highest BCUT2D eigenvalue weighted by atomic mass is 35.5. The van der Waals surface area contributed by atoms with Gasteiger partial charge in [0, 0.05) is 29.4 Å². The van der Waals surface area contributed by atoms with E-state index in [1.54, 1.807) is 42.5 Å².